The van der Waals surface area contributed by atoms with Crippen LogP contribution in [0.25, 0.3) is 52.5 Å². The first-order valence-corrected chi connectivity index (χ1v) is 9.78. The summed E-state index contributed by atoms with van der Waals surface area (Å²) < 4.78 is 2.80. The molecular formula is C24H15BS. The van der Waals surface area contributed by atoms with Gasteiger partial charge in [-0.15, -0.1) is 11.3 Å². The Morgan fingerprint density at radius 2 is 1.19 bits per heavy atom. The Bertz CT molecular complexity index is 1490. The number of thiophene rings is 1. The zero-order chi connectivity index (χ0) is 17.3. The molecule has 1 aromatic heterocycles. The Morgan fingerprint density at radius 3 is 1.96 bits per heavy atom. The average molecular weight is 346 g/mol. The van der Waals surface area contributed by atoms with E-state index in [0.717, 1.165) is 0 Å². The Balaban J connectivity index is 1.97. The molecule has 0 spiro atoms. The van der Waals surface area contributed by atoms with Gasteiger partial charge in [0.2, 0.25) is 0 Å². The molecule has 5 aromatic carbocycles. The van der Waals surface area contributed by atoms with E-state index in [1.165, 1.54) is 58.0 Å². The standard InChI is InChI=1S/C24H15BS/c25-19-13-16-10-9-14-5-1-3-7-17(14)21(16)24-23(19)22-18-8-4-2-6-15(18)11-12-20(22)26-24/h1-13H,25H2. The minimum Gasteiger partial charge on any atom is -0.135 e. The minimum absolute atomic E-state index is 1.31. The van der Waals surface area contributed by atoms with Gasteiger partial charge in [-0.05, 0) is 38.4 Å². The summed E-state index contributed by atoms with van der Waals surface area (Å²) in [5.41, 5.74) is 1.37. The quantitative estimate of drug-likeness (QED) is 0.242. The van der Waals surface area contributed by atoms with Crippen molar-refractivity contribution in [3.05, 3.63) is 78.9 Å². The molecule has 0 bridgehead atoms. The Kier molecular flexibility index (Phi) is 2.81. The van der Waals surface area contributed by atoms with Gasteiger partial charge in [-0.1, -0.05) is 78.3 Å². The maximum atomic E-state index is 2.36. The molecule has 0 radical (unpaired) electrons. The highest BCUT2D eigenvalue weighted by Gasteiger charge is 2.15. The van der Waals surface area contributed by atoms with Crippen LogP contribution in [0.2, 0.25) is 0 Å². The monoisotopic (exact) mass is 346 g/mol. The van der Waals surface area contributed by atoms with E-state index in [9.17, 15) is 0 Å². The molecule has 0 saturated carbocycles. The molecule has 6 aromatic rings. The Morgan fingerprint density at radius 1 is 0.577 bits per heavy atom. The normalized spacial score (nSPS) is 12.0. The van der Waals surface area contributed by atoms with Crippen molar-refractivity contribution in [2.45, 2.75) is 0 Å². The van der Waals surface area contributed by atoms with Gasteiger partial charge < -0.3 is 0 Å². The van der Waals surface area contributed by atoms with E-state index in [2.05, 4.69) is 86.7 Å². The second-order valence-corrected chi connectivity index (χ2v) is 8.10. The minimum atomic E-state index is 1.31. The lowest BCUT2D eigenvalue weighted by molar-refractivity contribution is 1.81. The number of hydrogen-bond donors (Lipinski definition) is 0. The van der Waals surface area contributed by atoms with Crippen LogP contribution in [0.3, 0.4) is 0 Å². The molecule has 120 valence electrons. The predicted molar refractivity (Wildman–Crippen MR) is 120 cm³/mol. The largest absolute Gasteiger partial charge is 0.140 e. The molecule has 0 nitrogen and oxygen atoms in total. The van der Waals surface area contributed by atoms with Gasteiger partial charge in [-0.2, -0.15) is 0 Å². The Labute approximate surface area is 156 Å². The number of hydrogen-bond acceptors (Lipinski definition) is 1. The molecule has 0 aliphatic heterocycles. The van der Waals surface area contributed by atoms with Crippen molar-refractivity contribution in [3.8, 4) is 0 Å². The maximum Gasteiger partial charge on any atom is 0.140 e. The van der Waals surface area contributed by atoms with Crippen molar-refractivity contribution in [2.24, 2.45) is 0 Å². The van der Waals surface area contributed by atoms with E-state index in [-0.39, 0.29) is 0 Å². The van der Waals surface area contributed by atoms with Gasteiger partial charge >= 0.3 is 0 Å². The topological polar surface area (TPSA) is 0 Å². The van der Waals surface area contributed by atoms with Crippen molar-refractivity contribution in [1.82, 2.24) is 0 Å². The van der Waals surface area contributed by atoms with Gasteiger partial charge in [0.05, 0.1) is 0 Å². The third kappa shape index (κ3) is 1.80. The lowest BCUT2D eigenvalue weighted by Crippen LogP contribution is -2.03. The smallest absolute Gasteiger partial charge is 0.135 e. The van der Waals surface area contributed by atoms with E-state index < -0.39 is 0 Å². The molecule has 1 heterocycles. The van der Waals surface area contributed by atoms with Crippen LogP contribution >= 0.6 is 11.3 Å². The van der Waals surface area contributed by atoms with Crippen molar-refractivity contribution in [3.63, 3.8) is 0 Å². The third-order valence-electron chi connectivity index (χ3n) is 5.53. The van der Waals surface area contributed by atoms with Crippen LogP contribution in [0.15, 0.2) is 78.9 Å². The lowest BCUT2D eigenvalue weighted by atomic mass is 9.86. The van der Waals surface area contributed by atoms with Gasteiger partial charge in [-0.25, -0.2) is 0 Å². The fourth-order valence-electron chi connectivity index (χ4n) is 4.39. The first kappa shape index (κ1) is 14.3. The van der Waals surface area contributed by atoms with E-state index in [1.807, 2.05) is 11.3 Å². The van der Waals surface area contributed by atoms with Gasteiger partial charge in [-0.3, -0.25) is 0 Å². The second-order valence-electron chi connectivity index (χ2n) is 7.04. The number of fused-ring (bicyclic) bond motifs is 9. The molecule has 0 aliphatic rings. The van der Waals surface area contributed by atoms with E-state index >= 15 is 0 Å². The summed E-state index contributed by atoms with van der Waals surface area (Å²) in [6.07, 6.45) is 0. The summed E-state index contributed by atoms with van der Waals surface area (Å²) >= 11 is 1.94. The molecule has 26 heavy (non-hydrogen) atoms. The van der Waals surface area contributed by atoms with Gasteiger partial charge in [0.25, 0.3) is 0 Å². The highest BCUT2D eigenvalue weighted by Crippen LogP contribution is 2.42. The van der Waals surface area contributed by atoms with Crippen LogP contribution in [-0.4, -0.2) is 7.85 Å². The van der Waals surface area contributed by atoms with Crippen molar-refractivity contribution >= 4 is 77.1 Å². The predicted octanol–water partition coefficient (Wildman–Crippen LogP) is 5.77. The van der Waals surface area contributed by atoms with Crippen LogP contribution < -0.4 is 5.46 Å². The molecule has 6 rings (SSSR count). The second kappa shape index (κ2) is 5.09. The van der Waals surface area contributed by atoms with Crippen LogP contribution in [0.4, 0.5) is 0 Å². The first-order valence-electron chi connectivity index (χ1n) is 8.96. The molecular weight excluding hydrogens is 331 g/mol. The Hall–Kier alpha value is -2.84. The molecule has 2 heteroatoms. The molecule has 0 aliphatic carbocycles. The molecule has 0 atom stereocenters. The van der Waals surface area contributed by atoms with Crippen molar-refractivity contribution in [1.29, 1.82) is 0 Å². The number of benzene rings is 5. The van der Waals surface area contributed by atoms with Crippen molar-refractivity contribution in [2.75, 3.05) is 0 Å². The van der Waals surface area contributed by atoms with Crippen LogP contribution in [0.1, 0.15) is 0 Å². The molecule has 0 unspecified atom stereocenters. The van der Waals surface area contributed by atoms with E-state index in [0.29, 0.717) is 0 Å². The zero-order valence-electron chi connectivity index (χ0n) is 14.4. The summed E-state index contributed by atoms with van der Waals surface area (Å²) in [7, 11) is 2.25. The van der Waals surface area contributed by atoms with Gasteiger partial charge in [0.15, 0.2) is 0 Å². The summed E-state index contributed by atoms with van der Waals surface area (Å²) in [6, 6.07) is 28.9. The van der Waals surface area contributed by atoms with Crippen molar-refractivity contribution < 1.29 is 0 Å². The molecule has 0 fully saturated rings. The van der Waals surface area contributed by atoms with E-state index in [1.54, 1.807) is 0 Å². The fraction of sp³-hybridized carbons (Fsp3) is 0. The summed E-state index contributed by atoms with van der Waals surface area (Å²) in [6.45, 7) is 0. The fourth-order valence-corrected chi connectivity index (χ4v) is 5.75. The molecule has 0 saturated heterocycles. The summed E-state index contributed by atoms with van der Waals surface area (Å²) in [5.74, 6) is 0. The highest BCUT2D eigenvalue weighted by atomic mass is 32.1. The first-order chi connectivity index (χ1) is 12.8. The van der Waals surface area contributed by atoms with Crippen LogP contribution in [0, 0.1) is 0 Å². The van der Waals surface area contributed by atoms with E-state index in [4.69, 9.17) is 0 Å². The summed E-state index contributed by atoms with van der Waals surface area (Å²) in [5, 5.41) is 10.9. The molecule has 0 amide bonds. The maximum absolute atomic E-state index is 2.36. The highest BCUT2D eigenvalue weighted by molar-refractivity contribution is 7.27. The SMILES string of the molecule is Bc1cc2ccc3ccccc3c2c2sc3ccc4ccccc4c3c12. The number of rotatable bonds is 0. The van der Waals surface area contributed by atoms with Gasteiger partial charge in [0.1, 0.15) is 7.85 Å². The van der Waals surface area contributed by atoms with Crippen LogP contribution in [0.5, 0.6) is 0 Å². The summed E-state index contributed by atoms with van der Waals surface area (Å²) in [4.78, 5) is 0. The third-order valence-corrected chi connectivity index (χ3v) is 6.71. The zero-order valence-corrected chi connectivity index (χ0v) is 15.2. The average Bonchev–Trinajstić information content (AvgIpc) is 3.08. The lowest BCUT2D eigenvalue weighted by Gasteiger charge is -2.08. The van der Waals surface area contributed by atoms with Gasteiger partial charge in [0, 0.05) is 20.2 Å². The van der Waals surface area contributed by atoms with Crippen LogP contribution in [-0.2, 0) is 0 Å². The molecule has 0 N–H and O–H groups in total.